The topological polar surface area (TPSA) is 77.8 Å². The largest absolute Gasteiger partial charge is 0.493 e. The Morgan fingerprint density at radius 2 is 1.91 bits per heavy atom. The van der Waals surface area contributed by atoms with Gasteiger partial charge in [0.2, 0.25) is 10.0 Å². The maximum absolute atomic E-state index is 12.0. The molecule has 120 valence electrons. The molecule has 0 fully saturated rings. The molecule has 0 aliphatic carbocycles. The minimum atomic E-state index is -3.37. The van der Waals surface area contributed by atoms with Gasteiger partial charge < -0.3 is 13.9 Å². The van der Waals surface area contributed by atoms with Gasteiger partial charge in [0, 0.05) is 0 Å². The van der Waals surface area contributed by atoms with Crippen LogP contribution in [-0.2, 0) is 23.0 Å². The van der Waals surface area contributed by atoms with Crippen molar-refractivity contribution in [2.24, 2.45) is 0 Å². The van der Waals surface area contributed by atoms with Crippen LogP contribution in [0.5, 0.6) is 11.5 Å². The maximum Gasteiger partial charge on any atom is 0.212 e. The van der Waals surface area contributed by atoms with E-state index in [1.807, 2.05) is 6.07 Å². The Hall–Kier alpha value is -1.99. The molecule has 0 atom stereocenters. The second kappa shape index (κ2) is 7.33. The van der Waals surface area contributed by atoms with Crippen LogP contribution in [0.25, 0.3) is 0 Å². The van der Waals surface area contributed by atoms with Crippen molar-refractivity contribution < 1.29 is 22.3 Å². The highest BCUT2D eigenvalue weighted by molar-refractivity contribution is 7.89. The van der Waals surface area contributed by atoms with Gasteiger partial charge in [-0.2, -0.15) is 0 Å². The molecule has 2 rings (SSSR count). The van der Waals surface area contributed by atoms with Gasteiger partial charge in [-0.3, -0.25) is 0 Å². The molecule has 22 heavy (non-hydrogen) atoms. The van der Waals surface area contributed by atoms with Crippen LogP contribution in [0.2, 0.25) is 0 Å². The van der Waals surface area contributed by atoms with E-state index in [0.717, 1.165) is 5.56 Å². The molecule has 6 nitrogen and oxygen atoms in total. The van der Waals surface area contributed by atoms with E-state index in [1.165, 1.54) is 6.26 Å². The van der Waals surface area contributed by atoms with Crippen LogP contribution in [0.4, 0.5) is 0 Å². The maximum atomic E-state index is 12.0. The third-order valence-corrected chi connectivity index (χ3v) is 4.48. The SMILES string of the molecule is COc1ccc(CCS(=O)(=O)NCc2ccco2)cc1OC. The second-order valence-corrected chi connectivity index (χ2v) is 6.59. The van der Waals surface area contributed by atoms with Gasteiger partial charge in [0.25, 0.3) is 0 Å². The van der Waals surface area contributed by atoms with Crippen molar-refractivity contribution in [3.8, 4) is 11.5 Å². The number of furan rings is 1. The van der Waals surface area contributed by atoms with Crippen LogP contribution >= 0.6 is 0 Å². The zero-order chi connectivity index (χ0) is 16.0. The number of rotatable bonds is 8. The summed E-state index contributed by atoms with van der Waals surface area (Å²) in [5.41, 5.74) is 0.862. The lowest BCUT2D eigenvalue weighted by molar-refractivity contribution is 0.354. The molecule has 1 heterocycles. The lowest BCUT2D eigenvalue weighted by atomic mass is 10.1. The average Bonchev–Trinajstić information content (AvgIpc) is 3.04. The van der Waals surface area contributed by atoms with E-state index >= 15 is 0 Å². The number of nitrogens with one attached hydrogen (secondary N) is 1. The molecule has 0 saturated heterocycles. The first-order chi connectivity index (χ1) is 10.5. The quantitative estimate of drug-likeness (QED) is 0.803. The lowest BCUT2D eigenvalue weighted by Gasteiger charge is -2.10. The molecule has 0 spiro atoms. The minimum absolute atomic E-state index is 0.0107. The van der Waals surface area contributed by atoms with Crippen molar-refractivity contribution in [1.29, 1.82) is 0 Å². The Morgan fingerprint density at radius 1 is 1.14 bits per heavy atom. The summed E-state index contributed by atoms with van der Waals surface area (Å²) in [5, 5.41) is 0. The van der Waals surface area contributed by atoms with Crippen LogP contribution in [0.1, 0.15) is 11.3 Å². The summed E-state index contributed by atoms with van der Waals surface area (Å²) in [4.78, 5) is 0. The molecule has 1 aromatic carbocycles. The van der Waals surface area contributed by atoms with Crippen molar-refractivity contribution >= 4 is 10.0 Å². The summed E-state index contributed by atoms with van der Waals surface area (Å²) < 4.78 is 41.9. The fourth-order valence-electron chi connectivity index (χ4n) is 1.95. The first kappa shape index (κ1) is 16.4. The van der Waals surface area contributed by atoms with Gasteiger partial charge in [0.15, 0.2) is 11.5 Å². The van der Waals surface area contributed by atoms with Gasteiger partial charge >= 0.3 is 0 Å². The normalized spacial score (nSPS) is 11.4. The predicted octanol–water partition coefficient (Wildman–Crippen LogP) is 1.96. The second-order valence-electron chi connectivity index (χ2n) is 4.66. The lowest BCUT2D eigenvalue weighted by Crippen LogP contribution is -2.26. The highest BCUT2D eigenvalue weighted by atomic mass is 32.2. The van der Waals surface area contributed by atoms with Crippen molar-refractivity contribution in [3.05, 3.63) is 47.9 Å². The average molecular weight is 325 g/mol. The van der Waals surface area contributed by atoms with Crippen LogP contribution in [0.3, 0.4) is 0 Å². The summed E-state index contributed by atoms with van der Waals surface area (Å²) in [6.07, 6.45) is 1.89. The Labute approximate surface area is 130 Å². The zero-order valence-corrected chi connectivity index (χ0v) is 13.4. The van der Waals surface area contributed by atoms with Crippen molar-refractivity contribution in [2.75, 3.05) is 20.0 Å². The Morgan fingerprint density at radius 3 is 2.55 bits per heavy atom. The van der Waals surface area contributed by atoms with E-state index in [9.17, 15) is 8.42 Å². The number of benzene rings is 1. The summed E-state index contributed by atoms with van der Waals surface area (Å²) >= 11 is 0. The summed E-state index contributed by atoms with van der Waals surface area (Å²) in [7, 11) is -0.272. The third kappa shape index (κ3) is 4.51. The zero-order valence-electron chi connectivity index (χ0n) is 12.5. The van der Waals surface area contributed by atoms with E-state index in [1.54, 1.807) is 38.5 Å². The molecule has 1 aromatic heterocycles. The van der Waals surface area contributed by atoms with Crippen LogP contribution < -0.4 is 14.2 Å². The molecular weight excluding hydrogens is 306 g/mol. The molecule has 0 unspecified atom stereocenters. The number of sulfonamides is 1. The monoisotopic (exact) mass is 325 g/mol. The van der Waals surface area contributed by atoms with E-state index in [2.05, 4.69) is 4.72 Å². The Bertz CT molecular complexity index is 695. The smallest absolute Gasteiger partial charge is 0.212 e. The number of aryl methyl sites for hydroxylation is 1. The van der Waals surface area contributed by atoms with E-state index in [-0.39, 0.29) is 12.3 Å². The van der Waals surface area contributed by atoms with Crippen molar-refractivity contribution in [2.45, 2.75) is 13.0 Å². The first-order valence-electron chi connectivity index (χ1n) is 6.74. The standard InChI is InChI=1S/C15H19NO5S/c1-19-14-6-5-12(10-15(14)20-2)7-9-22(17,18)16-11-13-4-3-8-21-13/h3-6,8,10,16H,7,9,11H2,1-2H3. The van der Waals surface area contributed by atoms with Gasteiger partial charge in [-0.25, -0.2) is 13.1 Å². The summed E-state index contributed by atoms with van der Waals surface area (Å²) in [6.45, 7) is 0.154. The Kier molecular flexibility index (Phi) is 5.46. The number of hydrogen-bond donors (Lipinski definition) is 1. The fourth-order valence-corrected chi connectivity index (χ4v) is 2.97. The van der Waals surface area contributed by atoms with E-state index < -0.39 is 10.0 Å². The van der Waals surface area contributed by atoms with Gasteiger partial charge in [0.05, 0.1) is 32.8 Å². The third-order valence-electron chi connectivity index (χ3n) is 3.15. The highest BCUT2D eigenvalue weighted by Crippen LogP contribution is 2.27. The van der Waals surface area contributed by atoms with Gasteiger partial charge in [0.1, 0.15) is 5.76 Å². The molecule has 2 aromatic rings. The molecule has 1 N–H and O–H groups in total. The Balaban J connectivity index is 1.93. The number of hydrogen-bond acceptors (Lipinski definition) is 5. The molecule has 0 aliphatic rings. The van der Waals surface area contributed by atoms with Crippen LogP contribution in [0.15, 0.2) is 41.0 Å². The van der Waals surface area contributed by atoms with Crippen LogP contribution in [-0.4, -0.2) is 28.4 Å². The first-order valence-corrected chi connectivity index (χ1v) is 8.40. The molecule has 7 heteroatoms. The molecule has 0 bridgehead atoms. The molecule has 0 amide bonds. The number of ether oxygens (including phenoxy) is 2. The van der Waals surface area contributed by atoms with Gasteiger partial charge in [-0.15, -0.1) is 0 Å². The summed E-state index contributed by atoms with van der Waals surface area (Å²) in [6, 6.07) is 8.80. The van der Waals surface area contributed by atoms with Gasteiger partial charge in [-0.05, 0) is 36.2 Å². The van der Waals surface area contributed by atoms with E-state index in [0.29, 0.717) is 23.7 Å². The fraction of sp³-hybridized carbons (Fsp3) is 0.333. The minimum Gasteiger partial charge on any atom is -0.493 e. The highest BCUT2D eigenvalue weighted by Gasteiger charge is 2.12. The van der Waals surface area contributed by atoms with Crippen molar-refractivity contribution in [1.82, 2.24) is 4.72 Å². The van der Waals surface area contributed by atoms with E-state index in [4.69, 9.17) is 13.9 Å². The molecule has 0 aliphatic heterocycles. The predicted molar refractivity (Wildman–Crippen MR) is 82.6 cm³/mol. The molecular formula is C15H19NO5S. The van der Waals surface area contributed by atoms with Gasteiger partial charge in [-0.1, -0.05) is 6.07 Å². The van der Waals surface area contributed by atoms with Crippen molar-refractivity contribution in [3.63, 3.8) is 0 Å². The molecule has 0 saturated carbocycles. The number of methoxy groups -OCH3 is 2. The summed E-state index contributed by atoms with van der Waals surface area (Å²) in [5.74, 6) is 1.77. The molecule has 0 radical (unpaired) electrons. The van der Waals surface area contributed by atoms with Crippen LogP contribution in [0, 0.1) is 0 Å².